The van der Waals surface area contributed by atoms with Crippen LogP contribution in [0.5, 0.6) is 5.75 Å². The van der Waals surface area contributed by atoms with Gasteiger partial charge in [0.05, 0.1) is 6.54 Å². The van der Waals surface area contributed by atoms with Crippen LogP contribution in [-0.4, -0.2) is 31.5 Å². The van der Waals surface area contributed by atoms with Crippen molar-refractivity contribution in [3.63, 3.8) is 0 Å². The second-order valence-electron chi connectivity index (χ2n) is 5.49. The number of para-hydroxylation sites is 1. The summed E-state index contributed by atoms with van der Waals surface area (Å²) in [6.45, 7) is 2.40. The third kappa shape index (κ3) is 6.12. The van der Waals surface area contributed by atoms with Crippen molar-refractivity contribution < 1.29 is 14.3 Å². The van der Waals surface area contributed by atoms with Gasteiger partial charge in [-0.05, 0) is 23.6 Å². The molecule has 0 unspecified atom stereocenters. The minimum Gasteiger partial charge on any atom is -0.484 e. The topological polar surface area (TPSA) is 67.4 Å². The van der Waals surface area contributed by atoms with Gasteiger partial charge in [-0.15, -0.1) is 0 Å². The minimum absolute atomic E-state index is 0.0571. The Morgan fingerprint density at radius 2 is 1.54 bits per heavy atom. The number of nitrogens with one attached hydrogen (secondary N) is 2. The summed E-state index contributed by atoms with van der Waals surface area (Å²) < 4.78 is 5.31. The Labute approximate surface area is 142 Å². The number of hydrogen-bond donors (Lipinski definition) is 2. The van der Waals surface area contributed by atoms with Gasteiger partial charge in [0, 0.05) is 6.54 Å². The first-order valence-electron chi connectivity index (χ1n) is 7.91. The lowest BCUT2D eigenvalue weighted by molar-refractivity contribution is -0.127. The third-order valence-electron chi connectivity index (χ3n) is 3.53. The van der Waals surface area contributed by atoms with Gasteiger partial charge in [-0.1, -0.05) is 55.5 Å². The maximum Gasteiger partial charge on any atom is 0.258 e. The highest BCUT2D eigenvalue weighted by atomic mass is 16.5. The molecule has 2 aromatic rings. The van der Waals surface area contributed by atoms with Crippen LogP contribution in [0.4, 0.5) is 0 Å². The van der Waals surface area contributed by atoms with E-state index in [-0.39, 0.29) is 30.9 Å². The van der Waals surface area contributed by atoms with Gasteiger partial charge < -0.3 is 15.4 Å². The van der Waals surface area contributed by atoms with Crippen molar-refractivity contribution >= 4 is 11.8 Å². The van der Waals surface area contributed by atoms with Crippen molar-refractivity contribution in [1.29, 1.82) is 0 Å². The van der Waals surface area contributed by atoms with Gasteiger partial charge >= 0.3 is 0 Å². The minimum atomic E-state index is -0.329. The molecule has 2 N–H and O–H groups in total. The highest BCUT2D eigenvalue weighted by Crippen LogP contribution is 2.12. The van der Waals surface area contributed by atoms with Gasteiger partial charge in [-0.3, -0.25) is 9.59 Å². The van der Waals surface area contributed by atoms with Gasteiger partial charge in [0.2, 0.25) is 5.91 Å². The molecule has 5 nitrogen and oxygen atoms in total. The summed E-state index contributed by atoms with van der Waals surface area (Å²) in [6, 6.07) is 19.0. The molecule has 0 aliphatic carbocycles. The van der Waals surface area contributed by atoms with E-state index in [4.69, 9.17) is 4.74 Å². The van der Waals surface area contributed by atoms with Crippen molar-refractivity contribution in [1.82, 2.24) is 10.6 Å². The normalized spacial score (nSPS) is 11.4. The fraction of sp³-hybridized carbons (Fsp3) is 0.263. The summed E-state index contributed by atoms with van der Waals surface area (Å²) in [5, 5.41) is 5.36. The van der Waals surface area contributed by atoms with Crippen molar-refractivity contribution in [3.8, 4) is 5.75 Å². The van der Waals surface area contributed by atoms with Crippen LogP contribution in [0.1, 0.15) is 18.4 Å². The largest absolute Gasteiger partial charge is 0.484 e. The first-order valence-corrected chi connectivity index (χ1v) is 7.91. The number of benzene rings is 2. The molecule has 0 saturated heterocycles. The molecule has 24 heavy (non-hydrogen) atoms. The van der Waals surface area contributed by atoms with E-state index >= 15 is 0 Å². The number of amides is 2. The summed E-state index contributed by atoms with van der Waals surface area (Å²) in [5.41, 5.74) is 1.16. The van der Waals surface area contributed by atoms with E-state index in [1.54, 1.807) is 12.1 Å². The summed E-state index contributed by atoms with van der Waals surface area (Å²) in [5.74, 6) is 0.289. The Balaban J connectivity index is 1.63. The number of rotatable bonds is 8. The van der Waals surface area contributed by atoms with E-state index in [2.05, 4.69) is 10.6 Å². The third-order valence-corrected chi connectivity index (χ3v) is 3.53. The molecule has 0 radical (unpaired) electrons. The fourth-order valence-electron chi connectivity index (χ4n) is 2.12. The Morgan fingerprint density at radius 3 is 2.21 bits per heavy atom. The molecule has 5 heteroatoms. The SMILES string of the molecule is C[C@@H](CNC(=O)CNC(=O)COc1ccccc1)c1ccccc1. The van der Waals surface area contributed by atoms with E-state index in [0.717, 1.165) is 5.56 Å². The molecule has 2 aromatic carbocycles. The maximum atomic E-state index is 11.8. The Bertz CT molecular complexity index is 644. The smallest absolute Gasteiger partial charge is 0.258 e. The zero-order valence-electron chi connectivity index (χ0n) is 13.7. The van der Waals surface area contributed by atoms with E-state index in [9.17, 15) is 9.59 Å². The zero-order chi connectivity index (χ0) is 17.2. The van der Waals surface area contributed by atoms with Gasteiger partial charge in [0.15, 0.2) is 6.61 Å². The molecular formula is C19H22N2O3. The Kier molecular flexibility index (Phi) is 6.83. The average Bonchev–Trinajstić information content (AvgIpc) is 2.64. The molecule has 0 saturated carbocycles. The number of carbonyl (C=O) groups excluding carboxylic acids is 2. The fourth-order valence-corrected chi connectivity index (χ4v) is 2.12. The number of hydrogen-bond acceptors (Lipinski definition) is 3. The standard InChI is InChI=1S/C19H22N2O3/c1-15(16-8-4-2-5-9-16)12-20-18(22)13-21-19(23)14-24-17-10-6-3-7-11-17/h2-11,15H,12-14H2,1H3,(H,20,22)(H,21,23)/t15-/m0/s1. The second-order valence-corrected chi connectivity index (χ2v) is 5.49. The summed E-state index contributed by atoms with van der Waals surface area (Å²) in [7, 11) is 0. The second kappa shape index (κ2) is 9.35. The maximum absolute atomic E-state index is 11.8. The van der Waals surface area contributed by atoms with Crippen molar-refractivity contribution in [2.75, 3.05) is 19.7 Å². The molecule has 0 aliphatic rings. The summed E-state index contributed by atoms with van der Waals surface area (Å²) >= 11 is 0. The molecule has 0 bridgehead atoms. The van der Waals surface area contributed by atoms with Crippen LogP contribution >= 0.6 is 0 Å². The van der Waals surface area contributed by atoms with E-state index in [1.165, 1.54) is 0 Å². The molecule has 2 amide bonds. The highest BCUT2D eigenvalue weighted by molar-refractivity contribution is 5.85. The Hall–Kier alpha value is -2.82. The van der Waals surface area contributed by atoms with Crippen LogP contribution in [-0.2, 0) is 9.59 Å². The number of carbonyl (C=O) groups is 2. The van der Waals surface area contributed by atoms with Gasteiger partial charge in [-0.25, -0.2) is 0 Å². The highest BCUT2D eigenvalue weighted by Gasteiger charge is 2.09. The van der Waals surface area contributed by atoms with Crippen LogP contribution in [0.25, 0.3) is 0 Å². The van der Waals surface area contributed by atoms with Crippen LogP contribution in [0.15, 0.2) is 60.7 Å². The van der Waals surface area contributed by atoms with E-state index in [0.29, 0.717) is 12.3 Å². The molecule has 0 aliphatic heterocycles. The van der Waals surface area contributed by atoms with Gasteiger partial charge in [0.1, 0.15) is 5.75 Å². The van der Waals surface area contributed by atoms with Crippen molar-refractivity contribution in [3.05, 3.63) is 66.2 Å². The Morgan fingerprint density at radius 1 is 0.917 bits per heavy atom. The monoisotopic (exact) mass is 326 g/mol. The lowest BCUT2D eigenvalue weighted by Gasteiger charge is -2.13. The molecule has 0 spiro atoms. The van der Waals surface area contributed by atoms with E-state index < -0.39 is 0 Å². The van der Waals surface area contributed by atoms with Crippen LogP contribution in [0.3, 0.4) is 0 Å². The molecule has 0 fully saturated rings. The molecule has 0 aromatic heterocycles. The average molecular weight is 326 g/mol. The van der Waals surface area contributed by atoms with Crippen molar-refractivity contribution in [2.24, 2.45) is 0 Å². The van der Waals surface area contributed by atoms with Crippen LogP contribution in [0, 0.1) is 0 Å². The first-order chi connectivity index (χ1) is 11.6. The molecule has 0 heterocycles. The van der Waals surface area contributed by atoms with Crippen LogP contribution in [0.2, 0.25) is 0 Å². The molecule has 126 valence electrons. The molecule has 1 atom stereocenters. The quantitative estimate of drug-likeness (QED) is 0.781. The lowest BCUT2D eigenvalue weighted by Crippen LogP contribution is -2.39. The van der Waals surface area contributed by atoms with Crippen molar-refractivity contribution in [2.45, 2.75) is 12.8 Å². The van der Waals surface area contributed by atoms with Gasteiger partial charge in [-0.2, -0.15) is 0 Å². The number of ether oxygens (including phenoxy) is 1. The molecular weight excluding hydrogens is 304 g/mol. The zero-order valence-corrected chi connectivity index (χ0v) is 13.7. The van der Waals surface area contributed by atoms with Gasteiger partial charge in [0.25, 0.3) is 5.91 Å². The summed E-state index contributed by atoms with van der Waals surface area (Å²) in [6.07, 6.45) is 0. The lowest BCUT2D eigenvalue weighted by atomic mass is 10.0. The predicted molar refractivity (Wildman–Crippen MR) is 92.8 cm³/mol. The van der Waals surface area contributed by atoms with E-state index in [1.807, 2.05) is 55.5 Å². The predicted octanol–water partition coefficient (Wildman–Crippen LogP) is 2.10. The summed E-state index contributed by atoms with van der Waals surface area (Å²) in [4.78, 5) is 23.5. The first kappa shape index (κ1) is 17.5. The van der Waals surface area contributed by atoms with Crippen LogP contribution < -0.4 is 15.4 Å². The molecule has 2 rings (SSSR count).